The second-order valence-electron chi connectivity index (χ2n) is 7.82. The molecule has 1 saturated carbocycles. The molecule has 1 fully saturated rings. The third-order valence-corrected chi connectivity index (χ3v) is 7.11. The van der Waals surface area contributed by atoms with Crippen molar-refractivity contribution in [2.45, 2.75) is 96.1 Å². The zero-order valence-corrected chi connectivity index (χ0v) is 18.2. The lowest BCUT2D eigenvalue weighted by Gasteiger charge is -2.18. The minimum atomic E-state index is -0.743. The molecule has 2 atom stereocenters. The Labute approximate surface area is 169 Å². The highest BCUT2D eigenvalue weighted by atomic mass is 32.2. The number of hydrogen-bond acceptors (Lipinski definition) is 3. The van der Waals surface area contributed by atoms with Crippen LogP contribution in [0.25, 0.3) is 0 Å². The van der Waals surface area contributed by atoms with Gasteiger partial charge in [0.15, 0.2) is 11.5 Å². The van der Waals surface area contributed by atoms with Crippen LogP contribution in [0.15, 0.2) is 18.2 Å². The van der Waals surface area contributed by atoms with Gasteiger partial charge in [0.1, 0.15) is 11.0 Å². The largest absolute Gasteiger partial charge is 0.616 e. The van der Waals surface area contributed by atoms with Crippen LogP contribution in [-0.2, 0) is 17.6 Å². The summed E-state index contributed by atoms with van der Waals surface area (Å²) in [6.07, 6.45) is 15.8. The first-order valence-electron chi connectivity index (χ1n) is 11.0. The second-order valence-corrected chi connectivity index (χ2v) is 9.80. The summed E-state index contributed by atoms with van der Waals surface area (Å²) < 4.78 is 23.0. The van der Waals surface area contributed by atoms with Crippen molar-refractivity contribution in [3.63, 3.8) is 0 Å². The predicted octanol–water partition coefficient (Wildman–Crippen LogP) is 6.41. The molecule has 0 N–H and O–H groups in total. The van der Waals surface area contributed by atoms with E-state index in [4.69, 9.17) is 9.47 Å². The predicted molar refractivity (Wildman–Crippen MR) is 115 cm³/mol. The molecule has 0 aromatic heterocycles. The van der Waals surface area contributed by atoms with E-state index in [9.17, 15) is 4.55 Å². The summed E-state index contributed by atoms with van der Waals surface area (Å²) in [6, 6.07) is 6.01. The monoisotopic (exact) mass is 394 g/mol. The Balaban J connectivity index is 0.000000451. The minimum Gasteiger partial charge on any atom is -0.616 e. The number of hydrogen-bond donors (Lipinski definition) is 0. The summed E-state index contributed by atoms with van der Waals surface area (Å²) in [5.41, 5.74) is 1.17. The van der Waals surface area contributed by atoms with E-state index in [0.717, 1.165) is 30.1 Å². The quantitative estimate of drug-likeness (QED) is 0.340. The Morgan fingerprint density at radius 2 is 1.56 bits per heavy atom. The van der Waals surface area contributed by atoms with E-state index in [1.807, 2.05) is 18.2 Å². The van der Waals surface area contributed by atoms with Crippen molar-refractivity contribution in [2.75, 3.05) is 12.5 Å². The molecule has 1 aromatic rings. The number of benzene rings is 1. The molecule has 154 valence electrons. The number of unbranched alkanes of at least 4 members (excludes halogenated alkanes) is 5. The molecule has 1 aliphatic carbocycles. The van der Waals surface area contributed by atoms with Crippen LogP contribution in [0.5, 0.6) is 11.5 Å². The standard InChI is InChI=1S/C18H28O3S.C5H10/c1-3-4-5-6-7-8-11-22(19)15(2)12-16-9-10-17-18(13-16)21-14-20-17;1-2-4-5-3-1/h9-10,13,15H,3-8,11-12,14H2,1-2H3;1-5H2. The molecule has 1 aromatic carbocycles. The molecule has 0 radical (unpaired) electrons. The SMILES string of the molecule is C1CCCC1.CCCCCCCC[S+]([O-])C(C)Cc1ccc2c(c1)OCO2. The van der Waals surface area contributed by atoms with E-state index in [1.165, 1.54) is 69.8 Å². The van der Waals surface area contributed by atoms with Crippen LogP contribution in [0, 0.1) is 0 Å². The average molecular weight is 395 g/mol. The smallest absolute Gasteiger partial charge is 0.231 e. The fourth-order valence-electron chi connectivity index (χ4n) is 3.60. The van der Waals surface area contributed by atoms with Gasteiger partial charge in [-0.1, -0.05) is 82.0 Å². The van der Waals surface area contributed by atoms with Gasteiger partial charge in [0.25, 0.3) is 0 Å². The van der Waals surface area contributed by atoms with Crippen molar-refractivity contribution < 1.29 is 14.0 Å². The van der Waals surface area contributed by atoms with E-state index >= 15 is 0 Å². The Hall–Kier alpha value is -0.870. The van der Waals surface area contributed by atoms with Crippen LogP contribution in [0.3, 0.4) is 0 Å². The van der Waals surface area contributed by atoms with Crippen LogP contribution in [0.1, 0.15) is 90.0 Å². The minimum absolute atomic E-state index is 0.191. The molecule has 0 amide bonds. The van der Waals surface area contributed by atoms with Crippen molar-refractivity contribution >= 4 is 11.2 Å². The maximum Gasteiger partial charge on any atom is 0.231 e. The van der Waals surface area contributed by atoms with Crippen LogP contribution < -0.4 is 9.47 Å². The molecule has 3 rings (SSSR count). The van der Waals surface area contributed by atoms with Gasteiger partial charge in [-0.25, -0.2) is 0 Å². The third kappa shape index (κ3) is 8.78. The zero-order chi connectivity index (χ0) is 19.3. The third-order valence-electron chi connectivity index (χ3n) is 5.36. The summed E-state index contributed by atoms with van der Waals surface area (Å²) in [7, 11) is 0. The Morgan fingerprint density at radius 1 is 0.926 bits per heavy atom. The fraction of sp³-hybridized carbons (Fsp3) is 0.739. The topological polar surface area (TPSA) is 41.5 Å². The van der Waals surface area contributed by atoms with Crippen molar-refractivity contribution in [2.24, 2.45) is 0 Å². The summed E-state index contributed by atoms with van der Waals surface area (Å²) in [4.78, 5) is 0. The van der Waals surface area contributed by atoms with Crippen molar-refractivity contribution in [3.05, 3.63) is 23.8 Å². The normalized spacial score (nSPS) is 17.3. The summed E-state index contributed by atoms with van der Waals surface area (Å²) in [5, 5.41) is 0.191. The first-order chi connectivity index (χ1) is 13.2. The van der Waals surface area contributed by atoms with E-state index in [-0.39, 0.29) is 5.25 Å². The molecule has 2 aliphatic rings. The summed E-state index contributed by atoms with van der Waals surface area (Å²) in [5.74, 6) is 2.45. The van der Waals surface area contributed by atoms with Crippen LogP contribution >= 0.6 is 0 Å². The lowest BCUT2D eigenvalue weighted by atomic mass is 10.1. The second kappa shape index (κ2) is 13.3. The van der Waals surface area contributed by atoms with E-state index in [2.05, 4.69) is 13.8 Å². The van der Waals surface area contributed by atoms with Gasteiger partial charge in [0, 0.05) is 6.42 Å². The fourth-order valence-corrected chi connectivity index (χ4v) is 4.87. The van der Waals surface area contributed by atoms with Crippen LogP contribution in [0.2, 0.25) is 0 Å². The summed E-state index contributed by atoms with van der Waals surface area (Å²) in [6.45, 7) is 4.61. The summed E-state index contributed by atoms with van der Waals surface area (Å²) >= 11 is -0.743. The number of fused-ring (bicyclic) bond motifs is 1. The van der Waals surface area contributed by atoms with Crippen LogP contribution in [0.4, 0.5) is 0 Å². The van der Waals surface area contributed by atoms with Gasteiger partial charge in [-0.15, -0.1) is 0 Å². The van der Waals surface area contributed by atoms with Gasteiger partial charge in [0.05, 0.1) is 0 Å². The Morgan fingerprint density at radius 3 is 2.26 bits per heavy atom. The molecule has 27 heavy (non-hydrogen) atoms. The van der Waals surface area contributed by atoms with Crippen LogP contribution in [-0.4, -0.2) is 22.3 Å². The van der Waals surface area contributed by atoms with Gasteiger partial charge < -0.3 is 14.0 Å². The molecular formula is C23H38O3S. The van der Waals surface area contributed by atoms with Crippen molar-refractivity contribution in [3.8, 4) is 11.5 Å². The maximum absolute atomic E-state index is 12.3. The highest BCUT2D eigenvalue weighted by molar-refractivity contribution is 7.91. The van der Waals surface area contributed by atoms with E-state index in [0.29, 0.717) is 6.79 Å². The molecule has 1 heterocycles. The first kappa shape index (κ1) is 22.4. The molecule has 0 saturated heterocycles. The molecule has 3 nitrogen and oxygen atoms in total. The maximum atomic E-state index is 12.3. The zero-order valence-electron chi connectivity index (χ0n) is 17.3. The van der Waals surface area contributed by atoms with Gasteiger partial charge in [-0.3, -0.25) is 0 Å². The van der Waals surface area contributed by atoms with Crippen molar-refractivity contribution in [1.29, 1.82) is 0 Å². The lowest BCUT2D eigenvalue weighted by Crippen LogP contribution is -2.23. The molecule has 1 aliphatic heterocycles. The highest BCUT2D eigenvalue weighted by Gasteiger charge is 2.19. The van der Waals surface area contributed by atoms with Gasteiger partial charge in [0.2, 0.25) is 6.79 Å². The Bertz CT molecular complexity index is 509. The van der Waals surface area contributed by atoms with Gasteiger partial charge >= 0.3 is 0 Å². The van der Waals surface area contributed by atoms with Crippen molar-refractivity contribution in [1.82, 2.24) is 0 Å². The first-order valence-corrected chi connectivity index (χ1v) is 12.3. The molecule has 0 bridgehead atoms. The lowest BCUT2D eigenvalue weighted by molar-refractivity contribution is 0.174. The van der Waals surface area contributed by atoms with E-state index < -0.39 is 11.2 Å². The molecule has 0 spiro atoms. The van der Waals surface area contributed by atoms with E-state index in [1.54, 1.807) is 0 Å². The highest BCUT2D eigenvalue weighted by Crippen LogP contribution is 2.33. The number of rotatable bonds is 10. The molecule has 4 heteroatoms. The molecule has 2 unspecified atom stereocenters. The van der Waals surface area contributed by atoms with Gasteiger partial charge in [-0.05, 0) is 37.5 Å². The Kier molecular flexibility index (Phi) is 11.1. The number of ether oxygens (including phenoxy) is 2. The van der Waals surface area contributed by atoms with Gasteiger partial charge in [-0.2, -0.15) is 0 Å². The average Bonchev–Trinajstić information content (AvgIpc) is 3.38. The molecular weight excluding hydrogens is 356 g/mol.